The molecule has 4 rings (SSSR count). The first-order valence-corrected chi connectivity index (χ1v) is 13.4. The Morgan fingerprint density at radius 2 is 2.23 bits per heavy atom. The Morgan fingerprint density at radius 1 is 1.42 bits per heavy atom. The molecule has 0 amide bonds. The molecule has 172 valence electrons. The summed E-state index contributed by atoms with van der Waals surface area (Å²) in [6.07, 6.45) is 2.88. The van der Waals surface area contributed by atoms with E-state index in [1.165, 1.54) is 22.5 Å². The average Bonchev–Trinajstić information content (AvgIpc) is 3.29. The van der Waals surface area contributed by atoms with Crippen LogP contribution in [0, 0.1) is 0 Å². The number of aryl methyl sites for hydroxylation is 1. The first-order chi connectivity index (χ1) is 14.6. The molecular weight excluding hydrogens is 446 g/mol. The van der Waals surface area contributed by atoms with Crippen LogP contribution in [0.4, 0.5) is 8.78 Å². The van der Waals surface area contributed by atoms with Crippen LogP contribution < -0.4 is 0 Å². The number of rotatable bonds is 7. The number of likely N-dealkylation sites (tertiary alicyclic amines) is 1. The van der Waals surface area contributed by atoms with E-state index in [4.69, 9.17) is 4.74 Å². The van der Waals surface area contributed by atoms with E-state index in [1.807, 2.05) is 6.07 Å². The maximum atomic E-state index is 12.9. The summed E-state index contributed by atoms with van der Waals surface area (Å²) in [7, 11) is -3.05. The van der Waals surface area contributed by atoms with Crippen molar-refractivity contribution in [3.63, 3.8) is 0 Å². The highest BCUT2D eigenvalue weighted by Gasteiger charge is 2.44. The van der Waals surface area contributed by atoms with Gasteiger partial charge in [-0.2, -0.15) is 0 Å². The summed E-state index contributed by atoms with van der Waals surface area (Å²) in [5.41, 5.74) is 1.52. The second-order valence-electron chi connectivity index (χ2n) is 8.61. The molecule has 2 aliphatic heterocycles. The van der Waals surface area contributed by atoms with Gasteiger partial charge in [0.25, 0.3) is 0 Å². The molecule has 11 heteroatoms. The number of halogens is 2. The first-order valence-electron chi connectivity index (χ1n) is 10.5. The Balaban J connectivity index is 1.42. The number of alkyl halides is 2. The van der Waals surface area contributed by atoms with Crippen molar-refractivity contribution >= 4 is 21.2 Å². The van der Waals surface area contributed by atoms with Crippen molar-refractivity contribution in [1.82, 2.24) is 19.9 Å². The third-order valence-corrected chi connectivity index (χ3v) is 8.25. The van der Waals surface area contributed by atoms with Gasteiger partial charge in [0.1, 0.15) is 9.84 Å². The van der Waals surface area contributed by atoms with Crippen molar-refractivity contribution in [2.75, 3.05) is 25.2 Å². The van der Waals surface area contributed by atoms with Crippen molar-refractivity contribution in [2.45, 2.75) is 63.8 Å². The molecule has 1 spiro atoms. The number of piperidine rings is 1. The fourth-order valence-corrected chi connectivity index (χ4v) is 6.34. The molecule has 2 aromatic rings. The molecule has 0 saturated carbocycles. The summed E-state index contributed by atoms with van der Waals surface area (Å²) in [5, 5.41) is 8.23. The average molecular weight is 475 g/mol. The number of nitrogens with zero attached hydrogens (tertiary/aromatic N) is 4. The first kappa shape index (κ1) is 22.8. The maximum absolute atomic E-state index is 12.9. The van der Waals surface area contributed by atoms with E-state index in [0.29, 0.717) is 19.7 Å². The summed E-state index contributed by atoms with van der Waals surface area (Å²) < 4.78 is 56.3. The Morgan fingerprint density at radius 3 is 2.94 bits per heavy atom. The minimum atomic E-state index is -3.05. The number of hydrogen-bond acceptors (Lipinski definition) is 7. The number of sulfone groups is 1. The van der Waals surface area contributed by atoms with Crippen LogP contribution in [0.2, 0.25) is 0 Å². The molecule has 2 aliphatic rings. The van der Waals surface area contributed by atoms with Gasteiger partial charge in [-0.05, 0) is 31.4 Å². The zero-order valence-corrected chi connectivity index (χ0v) is 19.4. The topological polar surface area (TPSA) is 77.3 Å². The largest absolute Gasteiger partial charge is 0.370 e. The van der Waals surface area contributed by atoms with Crippen LogP contribution in [0.25, 0.3) is 0 Å². The standard InChI is InChI=1S/C20H28F2N4O3S2/c1-14-11-20(17-9-16(10-19(21)22)30-18(17)3-7-29-20)4-5-25(14)12-15-13-26(24-23-15)6-8-31(2,27)28/h9,13-14,19H,3-8,10-12H2,1-2H3/t14-,20+/m0/s1. The van der Waals surface area contributed by atoms with Gasteiger partial charge in [0, 0.05) is 54.2 Å². The summed E-state index contributed by atoms with van der Waals surface area (Å²) in [4.78, 5) is 4.25. The normalized spacial score (nSPS) is 24.7. The van der Waals surface area contributed by atoms with E-state index in [-0.39, 0.29) is 18.2 Å². The fraction of sp³-hybridized carbons (Fsp3) is 0.700. The lowest BCUT2D eigenvalue weighted by Crippen LogP contribution is -2.50. The molecular formula is C20H28F2N4O3S2. The predicted molar refractivity (Wildman–Crippen MR) is 114 cm³/mol. The Kier molecular flexibility index (Phi) is 6.49. The minimum absolute atomic E-state index is 0.0340. The lowest BCUT2D eigenvalue weighted by molar-refractivity contribution is -0.112. The van der Waals surface area contributed by atoms with Crippen LogP contribution in [0.15, 0.2) is 12.3 Å². The monoisotopic (exact) mass is 474 g/mol. The Bertz CT molecular complexity index is 1020. The zero-order valence-electron chi connectivity index (χ0n) is 17.8. The van der Waals surface area contributed by atoms with E-state index >= 15 is 0 Å². The van der Waals surface area contributed by atoms with Crippen LogP contribution in [0.3, 0.4) is 0 Å². The minimum Gasteiger partial charge on any atom is -0.370 e. The van der Waals surface area contributed by atoms with Crippen LogP contribution in [-0.2, 0) is 46.1 Å². The molecule has 0 aliphatic carbocycles. The van der Waals surface area contributed by atoms with Gasteiger partial charge in [0.15, 0.2) is 0 Å². The van der Waals surface area contributed by atoms with Crippen LogP contribution in [-0.4, -0.2) is 65.9 Å². The van der Waals surface area contributed by atoms with Crippen molar-refractivity contribution in [1.29, 1.82) is 0 Å². The smallest absolute Gasteiger partial charge is 0.243 e. The van der Waals surface area contributed by atoms with Crippen LogP contribution in [0.1, 0.15) is 40.8 Å². The highest BCUT2D eigenvalue weighted by molar-refractivity contribution is 7.90. The van der Waals surface area contributed by atoms with Crippen molar-refractivity contribution in [3.8, 4) is 0 Å². The third kappa shape index (κ3) is 5.32. The van der Waals surface area contributed by atoms with Gasteiger partial charge >= 0.3 is 0 Å². The molecule has 0 aromatic carbocycles. The molecule has 4 heterocycles. The van der Waals surface area contributed by atoms with Gasteiger partial charge in [-0.1, -0.05) is 5.21 Å². The highest BCUT2D eigenvalue weighted by Crippen LogP contribution is 2.46. The van der Waals surface area contributed by atoms with Crippen LogP contribution >= 0.6 is 11.3 Å². The lowest BCUT2D eigenvalue weighted by Gasteiger charge is -2.47. The lowest BCUT2D eigenvalue weighted by atomic mass is 9.79. The number of fused-ring (bicyclic) bond motifs is 2. The molecule has 31 heavy (non-hydrogen) atoms. The molecule has 0 unspecified atom stereocenters. The summed E-state index contributed by atoms with van der Waals surface area (Å²) in [6.45, 7) is 4.50. The maximum Gasteiger partial charge on any atom is 0.243 e. The molecule has 1 saturated heterocycles. The predicted octanol–water partition coefficient (Wildman–Crippen LogP) is 2.64. The molecule has 0 bridgehead atoms. The molecule has 0 radical (unpaired) electrons. The molecule has 7 nitrogen and oxygen atoms in total. The fourth-order valence-electron chi connectivity index (χ4n) is 4.58. The second-order valence-corrected chi connectivity index (χ2v) is 12.1. The van der Waals surface area contributed by atoms with E-state index in [0.717, 1.165) is 41.9 Å². The summed E-state index contributed by atoms with van der Waals surface area (Å²) in [5.74, 6) is 0.0340. The van der Waals surface area contributed by atoms with Gasteiger partial charge < -0.3 is 4.74 Å². The van der Waals surface area contributed by atoms with E-state index in [1.54, 1.807) is 10.9 Å². The second kappa shape index (κ2) is 8.84. The quantitative estimate of drug-likeness (QED) is 0.614. The highest BCUT2D eigenvalue weighted by atomic mass is 32.2. The SMILES string of the molecule is C[C@H]1C[C@@]2(CCN1Cc1cn(CCS(C)(=O)=O)nn1)OCCc1sc(CC(F)F)cc12. The number of ether oxygens (including phenoxy) is 1. The van der Waals surface area contributed by atoms with Crippen LogP contribution in [0.5, 0.6) is 0 Å². The van der Waals surface area contributed by atoms with E-state index < -0.39 is 21.9 Å². The third-order valence-electron chi connectivity index (χ3n) is 6.11. The summed E-state index contributed by atoms with van der Waals surface area (Å²) in [6, 6.07) is 2.17. The summed E-state index contributed by atoms with van der Waals surface area (Å²) >= 11 is 1.51. The van der Waals surface area contributed by atoms with Gasteiger partial charge in [0.2, 0.25) is 6.43 Å². The Hall–Kier alpha value is -1.43. The zero-order chi connectivity index (χ0) is 22.2. The number of aromatic nitrogens is 3. The molecule has 1 fully saturated rings. The molecule has 2 atom stereocenters. The van der Waals surface area contributed by atoms with E-state index in [9.17, 15) is 17.2 Å². The van der Waals surface area contributed by atoms with Gasteiger partial charge in [-0.3, -0.25) is 9.58 Å². The van der Waals surface area contributed by atoms with E-state index in [2.05, 4.69) is 22.1 Å². The van der Waals surface area contributed by atoms with Crippen molar-refractivity contribution in [2.24, 2.45) is 0 Å². The van der Waals surface area contributed by atoms with Gasteiger partial charge in [-0.15, -0.1) is 16.4 Å². The van der Waals surface area contributed by atoms with Gasteiger partial charge in [0.05, 0.1) is 30.2 Å². The van der Waals surface area contributed by atoms with Gasteiger partial charge in [-0.25, -0.2) is 17.2 Å². The Labute approximate surface area is 185 Å². The number of thiophene rings is 1. The molecule has 0 N–H and O–H groups in total. The van der Waals surface area contributed by atoms with Crippen molar-refractivity contribution < 1.29 is 21.9 Å². The number of hydrogen-bond donors (Lipinski definition) is 0. The molecule has 2 aromatic heterocycles. The van der Waals surface area contributed by atoms with Crippen molar-refractivity contribution in [3.05, 3.63) is 33.3 Å².